The molecule has 6 nitrogen and oxygen atoms in total. The van der Waals surface area contributed by atoms with E-state index in [1.54, 1.807) is 12.4 Å². The summed E-state index contributed by atoms with van der Waals surface area (Å²) in [6.07, 6.45) is 5.71. The highest BCUT2D eigenvalue weighted by Gasteiger charge is 2.26. The molecule has 1 unspecified atom stereocenters. The maximum Gasteiger partial charge on any atom is 0.229 e. The highest BCUT2D eigenvalue weighted by atomic mass is 79.9. The Kier molecular flexibility index (Phi) is 4.57. The van der Waals surface area contributed by atoms with Crippen LogP contribution in [-0.4, -0.2) is 35.0 Å². The van der Waals surface area contributed by atoms with Crippen LogP contribution in [0.1, 0.15) is 33.6 Å². The fraction of sp³-hybridized carbons (Fsp3) is 0.529. The summed E-state index contributed by atoms with van der Waals surface area (Å²) in [5, 5.41) is 3.96. The number of hydrogen-bond acceptors (Lipinski definition) is 4. The van der Waals surface area contributed by atoms with Crippen molar-refractivity contribution in [3.8, 4) is 0 Å². The van der Waals surface area contributed by atoms with Crippen LogP contribution in [-0.2, 0) is 4.79 Å². The number of carbonyl (C=O) groups excluding carboxylic acids is 1. The van der Waals surface area contributed by atoms with Crippen LogP contribution < -0.4 is 16.0 Å². The number of nitrogens with one attached hydrogen (secondary N) is 2. The van der Waals surface area contributed by atoms with Crippen molar-refractivity contribution in [2.45, 2.75) is 39.7 Å². The van der Waals surface area contributed by atoms with E-state index in [1.165, 1.54) is 0 Å². The van der Waals surface area contributed by atoms with Gasteiger partial charge in [-0.25, -0.2) is 4.98 Å². The average Bonchev–Trinajstić information content (AvgIpc) is 2.89. The number of nitrogens with two attached hydrogens (primary N) is 1. The van der Waals surface area contributed by atoms with E-state index in [9.17, 15) is 4.79 Å². The first kappa shape index (κ1) is 17.2. The molecule has 130 valence electrons. The van der Waals surface area contributed by atoms with Crippen LogP contribution in [0.3, 0.4) is 0 Å². The zero-order valence-corrected chi connectivity index (χ0v) is 15.9. The second kappa shape index (κ2) is 6.37. The molecule has 1 aliphatic heterocycles. The first-order valence-corrected chi connectivity index (χ1v) is 9.04. The molecule has 0 aromatic carbocycles. The molecule has 0 spiro atoms. The summed E-state index contributed by atoms with van der Waals surface area (Å²) in [6.45, 7) is 7.44. The quantitative estimate of drug-likeness (QED) is 0.730. The molecule has 1 fully saturated rings. The Labute approximate surface area is 150 Å². The molecular formula is C17H24BrN5O. The third-order valence-corrected chi connectivity index (χ3v) is 4.91. The summed E-state index contributed by atoms with van der Waals surface area (Å²) >= 11 is 3.63. The van der Waals surface area contributed by atoms with Crippen molar-refractivity contribution in [1.82, 2.24) is 9.97 Å². The van der Waals surface area contributed by atoms with Crippen molar-refractivity contribution in [2.75, 3.05) is 23.3 Å². The van der Waals surface area contributed by atoms with Crippen LogP contribution in [0.4, 0.5) is 11.4 Å². The van der Waals surface area contributed by atoms with Gasteiger partial charge in [0.05, 0.1) is 21.2 Å². The molecule has 3 rings (SSSR count). The lowest BCUT2D eigenvalue weighted by molar-refractivity contribution is -0.123. The van der Waals surface area contributed by atoms with Crippen LogP contribution in [0, 0.1) is 5.41 Å². The van der Waals surface area contributed by atoms with Gasteiger partial charge in [0.25, 0.3) is 0 Å². The standard InChI is InChI=1S/C17H24BrN5O/c1-17(2,3)16(24)22-12-8-21-15-13(12)14(11(18)7-20-15)23-6-4-5-10(19)9-23/h7-8,10H,4-6,9,19H2,1-3H3,(H,20,21)(H,22,24). The summed E-state index contributed by atoms with van der Waals surface area (Å²) in [6, 6.07) is 0.167. The molecule has 0 saturated carbocycles. The van der Waals surface area contributed by atoms with E-state index < -0.39 is 5.41 Å². The lowest BCUT2D eigenvalue weighted by Crippen LogP contribution is -2.43. The third-order valence-electron chi connectivity index (χ3n) is 4.33. The number of hydrogen-bond donors (Lipinski definition) is 3. The molecule has 4 N–H and O–H groups in total. The molecular weight excluding hydrogens is 370 g/mol. The normalized spacial score (nSPS) is 18.9. The van der Waals surface area contributed by atoms with Crippen LogP contribution in [0.5, 0.6) is 0 Å². The smallest absolute Gasteiger partial charge is 0.229 e. The fourth-order valence-electron chi connectivity index (χ4n) is 2.99. The van der Waals surface area contributed by atoms with Gasteiger partial charge in [-0.3, -0.25) is 4.79 Å². The van der Waals surface area contributed by atoms with E-state index in [0.717, 1.165) is 52.8 Å². The van der Waals surface area contributed by atoms with Gasteiger partial charge in [0, 0.05) is 36.9 Å². The Hall–Kier alpha value is -1.60. The lowest BCUT2D eigenvalue weighted by atomic mass is 9.95. The number of anilines is 2. The molecule has 1 saturated heterocycles. The van der Waals surface area contributed by atoms with Crippen LogP contribution in [0.25, 0.3) is 11.0 Å². The second-order valence-electron chi connectivity index (χ2n) is 7.43. The third kappa shape index (κ3) is 3.28. The fourth-order valence-corrected chi connectivity index (χ4v) is 3.54. The zero-order valence-electron chi connectivity index (χ0n) is 14.3. The van der Waals surface area contributed by atoms with Gasteiger partial charge < -0.3 is 20.9 Å². The monoisotopic (exact) mass is 393 g/mol. The van der Waals surface area contributed by atoms with Gasteiger partial charge in [0.15, 0.2) is 0 Å². The Morgan fingerprint density at radius 2 is 2.25 bits per heavy atom. The molecule has 0 bridgehead atoms. The Balaban J connectivity index is 2.06. The molecule has 1 atom stereocenters. The van der Waals surface area contributed by atoms with Crippen molar-refractivity contribution in [2.24, 2.45) is 11.1 Å². The average molecular weight is 394 g/mol. The number of piperidine rings is 1. The first-order chi connectivity index (χ1) is 11.3. The van der Waals surface area contributed by atoms with Crippen molar-refractivity contribution in [3.63, 3.8) is 0 Å². The van der Waals surface area contributed by atoms with E-state index >= 15 is 0 Å². The van der Waals surface area contributed by atoms with E-state index in [4.69, 9.17) is 5.73 Å². The number of carbonyl (C=O) groups is 1. The minimum absolute atomic E-state index is 0.0235. The SMILES string of the molecule is CC(C)(C)C(=O)Nc1c[nH]c2ncc(Br)c(N3CCCC(N)C3)c12. The highest BCUT2D eigenvalue weighted by molar-refractivity contribution is 9.10. The van der Waals surface area contributed by atoms with Gasteiger partial charge in [-0.2, -0.15) is 0 Å². The van der Waals surface area contributed by atoms with E-state index in [1.807, 2.05) is 20.8 Å². The van der Waals surface area contributed by atoms with E-state index in [2.05, 4.69) is 36.1 Å². The summed E-state index contributed by atoms with van der Waals surface area (Å²) < 4.78 is 0.912. The van der Waals surface area contributed by atoms with Crippen molar-refractivity contribution in [3.05, 3.63) is 16.9 Å². The number of H-pyrrole nitrogens is 1. The number of amides is 1. The number of nitrogens with zero attached hydrogens (tertiary/aromatic N) is 2. The second-order valence-corrected chi connectivity index (χ2v) is 8.29. The maximum atomic E-state index is 12.4. The molecule has 2 aromatic heterocycles. The minimum Gasteiger partial charge on any atom is -0.368 e. The Morgan fingerprint density at radius 3 is 2.92 bits per heavy atom. The van der Waals surface area contributed by atoms with E-state index in [-0.39, 0.29) is 11.9 Å². The number of rotatable bonds is 2. The first-order valence-electron chi connectivity index (χ1n) is 8.25. The van der Waals surface area contributed by atoms with Crippen molar-refractivity contribution < 1.29 is 4.79 Å². The van der Waals surface area contributed by atoms with Crippen molar-refractivity contribution in [1.29, 1.82) is 0 Å². The number of aromatic amines is 1. The van der Waals surface area contributed by atoms with Gasteiger partial charge in [-0.05, 0) is 28.8 Å². The minimum atomic E-state index is -0.462. The molecule has 3 heterocycles. The summed E-state index contributed by atoms with van der Waals surface area (Å²) in [7, 11) is 0. The molecule has 0 aliphatic carbocycles. The van der Waals surface area contributed by atoms with Crippen LogP contribution >= 0.6 is 15.9 Å². The molecule has 2 aromatic rings. The van der Waals surface area contributed by atoms with Gasteiger partial charge >= 0.3 is 0 Å². The van der Waals surface area contributed by atoms with Gasteiger partial charge in [-0.15, -0.1) is 0 Å². The summed E-state index contributed by atoms with van der Waals surface area (Å²) in [5.74, 6) is -0.0235. The topological polar surface area (TPSA) is 87.0 Å². The molecule has 1 aliphatic rings. The number of aromatic nitrogens is 2. The summed E-state index contributed by atoms with van der Waals surface area (Å²) in [4.78, 5) is 22.3. The van der Waals surface area contributed by atoms with Gasteiger partial charge in [0.1, 0.15) is 5.65 Å². The van der Waals surface area contributed by atoms with Crippen LogP contribution in [0.15, 0.2) is 16.9 Å². The predicted octanol–water partition coefficient (Wildman–Crippen LogP) is 3.24. The number of pyridine rings is 1. The Bertz CT molecular complexity index is 764. The largest absolute Gasteiger partial charge is 0.368 e. The van der Waals surface area contributed by atoms with Crippen molar-refractivity contribution >= 4 is 44.2 Å². The van der Waals surface area contributed by atoms with Gasteiger partial charge in [-0.1, -0.05) is 20.8 Å². The Morgan fingerprint density at radius 1 is 1.50 bits per heavy atom. The van der Waals surface area contributed by atoms with E-state index in [0.29, 0.717) is 0 Å². The molecule has 1 amide bonds. The molecule has 0 radical (unpaired) electrons. The number of fused-ring (bicyclic) bond motifs is 1. The highest BCUT2D eigenvalue weighted by Crippen LogP contribution is 2.39. The molecule has 24 heavy (non-hydrogen) atoms. The maximum absolute atomic E-state index is 12.4. The predicted molar refractivity (Wildman–Crippen MR) is 101 cm³/mol. The van der Waals surface area contributed by atoms with Crippen LogP contribution in [0.2, 0.25) is 0 Å². The summed E-state index contributed by atoms with van der Waals surface area (Å²) in [5.41, 5.74) is 8.26. The number of halogens is 1. The molecule has 7 heteroatoms. The zero-order chi connectivity index (χ0) is 17.5. The lowest BCUT2D eigenvalue weighted by Gasteiger charge is -2.33. The van der Waals surface area contributed by atoms with Gasteiger partial charge in [0.2, 0.25) is 5.91 Å².